The summed E-state index contributed by atoms with van der Waals surface area (Å²) in [6.07, 6.45) is 3.70. The summed E-state index contributed by atoms with van der Waals surface area (Å²) in [4.78, 5) is 11.1. The monoisotopic (exact) mass is 349 g/mol. The highest BCUT2D eigenvalue weighted by molar-refractivity contribution is 7.98. The lowest BCUT2D eigenvalue weighted by Gasteiger charge is -2.09. The summed E-state index contributed by atoms with van der Waals surface area (Å²) in [5, 5.41) is 6.68. The fraction of sp³-hybridized carbons (Fsp3) is 0.0526. The van der Waals surface area contributed by atoms with Gasteiger partial charge in [0, 0.05) is 21.5 Å². The maximum atomic E-state index is 4.49. The number of nitrogens with zero attached hydrogens (tertiary/aromatic N) is 2. The van der Waals surface area contributed by atoms with Gasteiger partial charge >= 0.3 is 0 Å². The number of anilines is 2. The summed E-state index contributed by atoms with van der Waals surface area (Å²) in [5.41, 5.74) is 3.38. The second kappa shape index (κ2) is 6.63. The zero-order chi connectivity index (χ0) is 16.4. The van der Waals surface area contributed by atoms with Gasteiger partial charge in [-0.2, -0.15) is 0 Å². The number of aromatic nitrogens is 2. The summed E-state index contributed by atoms with van der Waals surface area (Å²) in [7, 11) is 0. The van der Waals surface area contributed by atoms with Crippen LogP contribution in [0.4, 0.5) is 11.5 Å². The van der Waals surface area contributed by atoms with Crippen LogP contribution in [0, 0.1) is 0 Å². The standard InChI is InChI=1S/C19H15N3S2/c1-23-15-9-5-8-14(10-15)22-18-17-16(13-6-3-2-4-7-13)11-24-19(17)21-12-20-18/h2-12H,1H3,(H,20,21,22). The first-order valence-corrected chi connectivity index (χ1v) is 9.64. The first-order chi connectivity index (χ1) is 11.8. The molecule has 0 unspecified atom stereocenters. The lowest BCUT2D eigenvalue weighted by atomic mass is 10.1. The Kier molecular flexibility index (Phi) is 4.19. The van der Waals surface area contributed by atoms with Crippen LogP contribution in [0.1, 0.15) is 0 Å². The van der Waals surface area contributed by atoms with Crippen LogP contribution in [0.3, 0.4) is 0 Å². The van der Waals surface area contributed by atoms with Gasteiger partial charge in [-0.25, -0.2) is 9.97 Å². The van der Waals surface area contributed by atoms with E-state index in [0.29, 0.717) is 0 Å². The van der Waals surface area contributed by atoms with Gasteiger partial charge in [0.25, 0.3) is 0 Å². The molecule has 0 radical (unpaired) electrons. The molecule has 0 aliphatic rings. The summed E-state index contributed by atoms with van der Waals surface area (Å²) < 4.78 is 0. The van der Waals surface area contributed by atoms with E-state index in [9.17, 15) is 0 Å². The SMILES string of the molecule is CSc1cccc(Nc2ncnc3scc(-c4ccccc4)c23)c1. The van der Waals surface area contributed by atoms with Gasteiger partial charge in [-0.05, 0) is 30.0 Å². The van der Waals surface area contributed by atoms with E-state index in [1.165, 1.54) is 16.0 Å². The third-order valence-corrected chi connectivity index (χ3v) is 5.40. The summed E-state index contributed by atoms with van der Waals surface area (Å²) in [6.45, 7) is 0. The third-order valence-electron chi connectivity index (χ3n) is 3.79. The molecule has 5 heteroatoms. The van der Waals surface area contributed by atoms with Crippen LogP contribution in [0.25, 0.3) is 21.3 Å². The minimum atomic E-state index is 0.846. The largest absolute Gasteiger partial charge is 0.340 e. The number of hydrogen-bond donors (Lipinski definition) is 1. The van der Waals surface area contributed by atoms with E-state index in [1.54, 1.807) is 29.4 Å². The molecule has 2 aromatic heterocycles. The van der Waals surface area contributed by atoms with Crippen LogP contribution >= 0.6 is 23.1 Å². The molecule has 0 atom stereocenters. The van der Waals surface area contributed by atoms with Gasteiger partial charge in [0.15, 0.2) is 0 Å². The van der Waals surface area contributed by atoms with E-state index in [1.807, 2.05) is 6.07 Å². The van der Waals surface area contributed by atoms with Crippen molar-refractivity contribution in [2.45, 2.75) is 4.90 Å². The molecule has 24 heavy (non-hydrogen) atoms. The highest BCUT2D eigenvalue weighted by Crippen LogP contribution is 2.37. The molecule has 4 aromatic rings. The van der Waals surface area contributed by atoms with Gasteiger partial charge in [0.05, 0.1) is 5.39 Å². The molecular weight excluding hydrogens is 334 g/mol. The molecule has 0 saturated heterocycles. The normalized spacial score (nSPS) is 10.9. The molecule has 0 aliphatic heterocycles. The molecule has 0 spiro atoms. The van der Waals surface area contributed by atoms with Gasteiger partial charge in [-0.1, -0.05) is 36.4 Å². The third kappa shape index (κ3) is 2.88. The quantitative estimate of drug-likeness (QED) is 0.471. The Morgan fingerprint density at radius 3 is 2.71 bits per heavy atom. The Balaban J connectivity index is 1.82. The average molecular weight is 349 g/mol. The molecule has 0 amide bonds. The summed E-state index contributed by atoms with van der Waals surface area (Å²) >= 11 is 3.37. The van der Waals surface area contributed by atoms with Crippen LogP contribution in [0.15, 0.2) is 71.2 Å². The number of nitrogens with one attached hydrogen (secondary N) is 1. The van der Waals surface area contributed by atoms with E-state index in [4.69, 9.17) is 0 Å². The lowest BCUT2D eigenvalue weighted by Crippen LogP contribution is -1.95. The number of thioether (sulfide) groups is 1. The van der Waals surface area contributed by atoms with E-state index < -0.39 is 0 Å². The second-order valence-electron chi connectivity index (χ2n) is 5.27. The van der Waals surface area contributed by atoms with Crippen LogP contribution in [-0.2, 0) is 0 Å². The van der Waals surface area contributed by atoms with Gasteiger partial charge < -0.3 is 5.32 Å². The van der Waals surface area contributed by atoms with E-state index in [0.717, 1.165) is 21.7 Å². The first-order valence-electron chi connectivity index (χ1n) is 7.54. The van der Waals surface area contributed by atoms with Crippen molar-refractivity contribution in [3.63, 3.8) is 0 Å². The average Bonchev–Trinajstić information content (AvgIpc) is 3.08. The fourth-order valence-electron chi connectivity index (χ4n) is 2.64. The van der Waals surface area contributed by atoms with Crippen molar-refractivity contribution in [2.24, 2.45) is 0 Å². The molecule has 0 saturated carbocycles. The predicted octanol–water partition coefficient (Wildman–Crippen LogP) is 5.82. The molecule has 0 bridgehead atoms. The molecule has 1 N–H and O–H groups in total. The van der Waals surface area contributed by atoms with Crippen molar-refractivity contribution in [1.82, 2.24) is 9.97 Å². The van der Waals surface area contributed by atoms with E-state index in [-0.39, 0.29) is 0 Å². The maximum Gasteiger partial charge on any atom is 0.143 e. The Morgan fingerprint density at radius 2 is 1.88 bits per heavy atom. The molecule has 0 fully saturated rings. The summed E-state index contributed by atoms with van der Waals surface area (Å²) in [5.74, 6) is 0.846. The minimum Gasteiger partial charge on any atom is -0.340 e. The highest BCUT2D eigenvalue weighted by atomic mass is 32.2. The number of benzene rings is 2. The summed E-state index contributed by atoms with van der Waals surface area (Å²) in [6, 6.07) is 18.7. The molecule has 2 aromatic carbocycles. The van der Waals surface area contributed by atoms with Crippen LogP contribution in [-0.4, -0.2) is 16.2 Å². The van der Waals surface area contributed by atoms with Crippen molar-refractivity contribution in [2.75, 3.05) is 11.6 Å². The molecule has 0 aliphatic carbocycles. The van der Waals surface area contributed by atoms with Crippen LogP contribution in [0.5, 0.6) is 0 Å². The number of rotatable bonds is 4. The Bertz CT molecular complexity index is 980. The van der Waals surface area contributed by atoms with Crippen molar-refractivity contribution in [1.29, 1.82) is 0 Å². The van der Waals surface area contributed by atoms with Crippen LogP contribution in [0.2, 0.25) is 0 Å². The zero-order valence-corrected chi connectivity index (χ0v) is 14.7. The molecular formula is C19H15N3S2. The molecule has 3 nitrogen and oxygen atoms in total. The van der Waals surface area contributed by atoms with Gasteiger partial charge in [-0.3, -0.25) is 0 Å². The Labute approximate surface area is 148 Å². The van der Waals surface area contributed by atoms with Crippen molar-refractivity contribution in [3.8, 4) is 11.1 Å². The van der Waals surface area contributed by atoms with Gasteiger partial charge in [0.1, 0.15) is 17.0 Å². The number of fused-ring (bicyclic) bond motifs is 1. The van der Waals surface area contributed by atoms with Crippen molar-refractivity contribution in [3.05, 3.63) is 66.3 Å². The smallest absolute Gasteiger partial charge is 0.143 e. The second-order valence-corrected chi connectivity index (χ2v) is 7.01. The van der Waals surface area contributed by atoms with E-state index >= 15 is 0 Å². The first kappa shape index (κ1) is 15.2. The van der Waals surface area contributed by atoms with Crippen LogP contribution < -0.4 is 5.32 Å². The molecule has 2 heterocycles. The Morgan fingerprint density at radius 1 is 1.00 bits per heavy atom. The Hall–Kier alpha value is -2.37. The minimum absolute atomic E-state index is 0.846. The molecule has 118 valence electrons. The predicted molar refractivity (Wildman–Crippen MR) is 104 cm³/mol. The lowest BCUT2D eigenvalue weighted by molar-refractivity contribution is 1.23. The van der Waals surface area contributed by atoms with Crippen molar-refractivity contribution < 1.29 is 0 Å². The van der Waals surface area contributed by atoms with E-state index in [2.05, 4.69) is 75.5 Å². The van der Waals surface area contributed by atoms with Crippen molar-refractivity contribution >= 4 is 44.8 Å². The fourth-order valence-corrected chi connectivity index (χ4v) is 4.01. The van der Waals surface area contributed by atoms with Gasteiger partial charge in [-0.15, -0.1) is 23.1 Å². The maximum absolute atomic E-state index is 4.49. The number of hydrogen-bond acceptors (Lipinski definition) is 5. The number of thiophene rings is 1. The molecule has 4 rings (SSSR count). The zero-order valence-electron chi connectivity index (χ0n) is 13.1. The topological polar surface area (TPSA) is 37.8 Å². The van der Waals surface area contributed by atoms with Gasteiger partial charge in [0.2, 0.25) is 0 Å². The highest BCUT2D eigenvalue weighted by Gasteiger charge is 2.13.